The summed E-state index contributed by atoms with van der Waals surface area (Å²) in [6.45, 7) is 1.80. The van der Waals surface area contributed by atoms with Crippen LogP contribution in [0.15, 0.2) is 29.6 Å². The maximum atomic E-state index is 10.8. The number of aromatic nitrogens is 3. The van der Waals surface area contributed by atoms with Gasteiger partial charge in [0.05, 0.1) is 10.6 Å². The fraction of sp³-hybridized carbons (Fsp3) is 0.100. The Balaban J connectivity index is 2.58. The highest BCUT2D eigenvalue weighted by Crippen LogP contribution is 2.18. The predicted molar refractivity (Wildman–Crippen MR) is 65.3 cm³/mol. The molecule has 0 spiro atoms. The van der Waals surface area contributed by atoms with Gasteiger partial charge in [-0.1, -0.05) is 5.16 Å². The van der Waals surface area contributed by atoms with Gasteiger partial charge in [-0.2, -0.15) is 5.10 Å². The number of amidine groups is 1. The number of nitrogens with zero attached hydrogens (tertiary/aromatic N) is 5. The lowest BCUT2D eigenvalue weighted by Gasteiger charge is -2.04. The molecule has 3 N–H and O–H groups in total. The summed E-state index contributed by atoms with van der Waals surface area (Å²) in [5.41, 5.74) is 5.60. The quantitative estimate of drug-likeness (QED) is 0.273. The van der Waals surface area contributed by atoms with E-state index in [-0.39, 0.29) is 11.4 Å². The third kappa shape index (κ3) is 2.34. The third-order valence-corrected chi connectivity index (χ3v) is 2.36. The first-order valence-corrected chi connectivity index (χ1v) is 5.19. The Morgan fingerprint density at radius 2 is 2.26 bits per heavy atom. The molecule has 0 radical (unpaired) electrons. The first kappa shape index (κ1) is 12.5. The van der Waals surface area contributed by atoms with Gasteiger partial charge in [0.25, 0.3) is 5.69 Å². The van der Waals surface area contributed by atoms with Gasteiger partial charge in [0.1, 0.15) is 0 Å². The Kier molecular flexibility index (Phi) is 3.10. The highest BCUT2D eigenvalue weighted by Gasteiger charge is 2.20. The zero-order valence-electron chi connectivity index (χ0n) is 9.89. The van der Waals surface area contributed by atoms with Gasteiger partial charge in [0.2, 0.25) is 0 Å². The molecule has 0 aliphatic rings. The number of hydrogen-bond donors (Lipinski definition) is 2. The van der Waals surface area contributed by atoms with E-state index < -0.39 is 10.8 Å². The minimum Gasteiger partial charge on any atom is -0.409 e. The van der Waals surface area contributed by atoms with Crippen molar-refractivity contribution in [3.63, 3.8) is 0 Å². The molecule has 0 bridgehead atoms. The second-order valence-corrected chi connectivity index (χ2v) is 3.68. The van der Waals surface area contributed by atoms with Crippen molar-refractivity contribution in [2.45, 2.75) is 6.92 Å². The van der Waals surface area contributed by atoms with Crippen LogP contribution in [0.2, 0.25) is 0 Å². The summed E-state index contributed by atoms with van der Waals surface area (Å²) < 4.78 is 1.44. The van der Waals surface area contributed by atoms with Crippen molar-refractivity contribution in [2.24, 2.45) is 10.9 Å². The largest absolute Gasteiger partial charge is 0.409 e. The molecule has 0 saturated carbocycles. The highest BCUT2D eigenvalue weighted by atomic mass is 16.6. The highest BCUT2D eigenvalue weighted by molar-refractivity contribution is 5.98. The van der Waals surface area contributed by atoms with Crippen molar-refractivity contribution in [1.29, 1.82) is 0 Å². The average Bonchev–Trinajstić information content (AvgIpc) is 2.83. The molecular weight excluding hydrogens is 252 g/mol. The zero-order chi connectivity index (χ0) is 14.0. The minimum absolute atomic E-state index is 0.210. The zero-order valence-corrected chi connectivity index (χ0v) is 9.89. The van der Waals surface area contributed by atoms with Gasteiger partial charge in [-0.25, -0.2) is 9.67 Å². The molecule has 0 atom stereocenters. The SMILES string of the molecule is Cc1ccn(-c2ccc([N+](=O)[O-])c(/C(N)=N/O)n2)n1. The van der Waals surface area contributed by atoms with Crippen molar-refractivity contribution in [3.05, 3.63) is 45.9 Å². The summed E-state index contributed by atoms with van der Waals surface area (Å²) >= 11 is 0. The molecule has 0 saturated heterocycles. The van der Waals surface area contributed by atoms with E-state index >= 15 is 0 Å². The summed E-state index contributed by atoms with van der Waals surface area (Å²) in [5, 5.41) is 26.3. The average molecular weight is 262 g/mol. The first-order valence-electron chi connectivity index (χ1n) is 5.19. The van der Waals surface area contributed by atoms with Crippen LogP contribution < -0.4 is 5.73 Å². The topological polar surface area (TPSA) is 132 Å². The Hall–Kier alpha value is -2.97. The number of aryl methyl sites for hydroxylation is 1. The van der Waals surface area contributed by atoms with Gasteiger partial charge in [0.15, 0.2) is 17.3 Å². The summed E-state index contributed by atoms with van der Waals surface area (Å²) in [7, 11) is 0. The standard InChI is InChI=1S/C10H10N6O3/c1-6-4-5-15(13-6)8-3-2-7(16(18)19)9(12-8)10(11)14-17/h2-5,17H,1H3,(H2,11,14). The molecule has 2 rings (SSSR count). The molecule has 19 heavy (non-hydrogen) atoms. The molecule has 0 aliphatic heterocycles. The number of nitro groups is 1. The Labute approximate surface area is 107 Å². The van der Waals surface area contributed by atoms with E-state index in [1.165, 1.54) is 16.8 Å². The number of nitrogens with two attached hydrogens (primary N) is 1. The van der Waals surface area contributed by atoms with Gasteiger partial charge in [0, 0.05) is 12.3 Å². The molecule has 2 aromatic rings. The molecule has 0 aromatic carbocycles. The summed E-state index contributed by atoms with van der Waals surface area (Å²) in [5.74, 6) is -0.0993. The van der Waals surface area contributed by atoms with Crippen LogP contribution in [0.1, 0.15) is 11.4 Å². The lowest BCUT2D eigenvalue weighted by Crippen LogP contribution is -2.18. The Morgan fingerprint density at radius 1 is 1.53 bits per heavy atom. The van der Waals surface area contributed by atoms with E-state index in [0.717, 1.165) is 5.69 Å². The Morgan fingerprint density at radius 3 is 2.79 bits per heavy atom. The molecule has 0 fully saturated rings. The second-order valence-electron chi connectivity index (χ2n) is 3.68. The number of rotatable bonds is 3. The van der Waals surface area contributed by atoms with Crippen LogP contribution in [0, 0.1) is 17.0 Å². The Bertz CT molecular complexity index is 663. The van der Waals surface area contributed by atoms with Crippen LogP contribution in [0.5, 0.6) is 0 Å². The second kappa shape index (κ2) is 4.72. The number of pyridine rings is 1. The molecule has 9 heteroatoms. The van der Waals surface area contributed by atoms with Gasteiger partial charge in [-0.3, -0.25) is 10.1 Å². The van der Waals surface area contributed by atoms with E-state index in [9.17, 15) is 10.1 Å². The van der Waals surface area contributed by atoms with E-state index in [1.807, 2.05) is 0 Å². The van der Waals surface area contributed by atoms with E-state index in [1.54, 1.807) is 19.2 Å². The normalized spacial score (nSPS) is 11.5. The van der Waals surface area contributed by atoms with Crippen LogP contribution in [0.25, 0.3) is 5.82 Å². The summed E-state index contributed by atoms with van der Waals surface area (Å²) in [4.78, 5) is 14.2. The molecule has 98 valence electrons. The van der Waals surface area contributed by atoms with Crippen molar-refractivity contribution < 1.29 is 10.1 Å². The van der Waals surface area contributed by atoms with Gasteiger partial charge in [-0.15, -0.1) is 0 Å². The summed E-state index contributed by atoms with van der Waals surface area (Å²) in [6, 6.07) is 4.41. The lowest BCUT2D eigenvalue weighted by atomic mass is 10.2. The maximum absolute atomic E-state index is 10.8. The van der Waals surface area contributed by atoms with Crippen LogP contribution in [0.3, 0.4) is 0 Å². The van der Waals surface area contributed by atoms with Crippen LogP contribution in [0.4, 0.5) is 5.69 Å². The number of hydrogen-bond acceptors (Lipinski definition) is 6. The third-order valence-electron chi connectivity index (χ3n) is 2.36. The van der Waals surface area contributed by atoms with Crippen LogP contribution in [-0.2, 0) is 0 Å². The van der Waals surface area contributed by atoms with Crippen LogP contribution in [-0.4, -0.2) is 30.7 Å². The molecule has 0 aliphatic carbocycles. The van der Waals surface area contributed by atoms with Crippen LogP contribution >= 0.6 is 0 Å². The summed E-state index contributed by atoms with van der Waals surface area (Å²) in [6.07, 6.45) is 1.65. The van der Waals surface area contributed by atoms with Gasteiger partial charge < -0.3 is 10.9 Å². The van der Waals surface area contributed by atoms with E-state index in [4.69, 9.17) is 10.9 Å². The van der Waals surface area contributed by atoms with Crippen molar-refractivity contribution in [2.75, 3.05) is 0 Å². The lowest BCUT2D eigenvalue weighted by molar-refractivity contribution is -0.385. The van der Waals surface area contributed by atoms with E-state index in [0.29, 0.717) is 5.82 Å². The van der Waals surface area contributed by atoms with Crippen molar-refractivity contribution >= 4 is 11.5 Å². The molecular formula is C10H10N6O3. The monoisotopic (exact) mass is 262 g/mol. The van der Waals surface area contributed by atoms with Crippen molar-refractivity contribution in [1.82, 2.24) is 14.8 Å². The molecule has 0 unspecified atom stereocenters. The maximum Gasteiger partial charge on any atom is 0.298 e. The fourth-order valence-corrected chi connectivity index (χ4v) is 1.49. The smallest absolute Gasteiger partial charge is 0.298 e. The molecule has 9 nitrogen and oxygen atoms in total. The fourth-order valence-electron chi connectivity index (χ4n) is 1.49. The predicted octanol–water partition coefficient (Wildman–Crippen LogP) is 0.578. The molecule has 0 amide bonds. The number of oxime groups is 1. The molecule has 2 aromatic heterocycles. The minimum atomic E-state index is -0.654. The van der Waals surface area contributed by atoms with Gasteiger partial charge in [-0.05, 0) is 19.1 Å². The molecule has 2 heterocycles. The first-order chi connectivity index (χ1) is 9.02. The van der Waals surface area contributed by atoms with E-state index in [2.05, 4.69) is 15.2 Å². The van der Waals surface area contributed by atoms with Gasteiger partial charge >= 0.3 is 0 Å². The van der Waals surface area contributed by atoms with Crippen molar-refractivity contribution in [3.8, 4) is 5.82 Å².